The average molecular weight is 252 g/mol. The van der Waals surface area contributed by atoms with Crippen LogP contribution in [0.25, 0.3) is 0 Å². The Kier molecular flexibility index (Phi) is 4.56. The second-order valence-electron chi connectivity index (χ2n) is 3.71. The van der Waals surface area contributed by atoms with Crippen LogP contribution in [0.4, 0.5) is 0 Å². The van der Waals surface area contributed by atoms with Gasteiger partial charge in [-0.25, -0.2) is 4.79 Å². The molecule has 18 heavy (non-hydrogen) atoms. The van der Waals surface area contributed by atoms with Crippen molar-refractivity contribution in [2.75, 3.05) is 0 Å². The molecule has 0 fully saturated rings. The van der Waals surface area contributed by atoms with E-state index in [4.69, 9.17) is 10.2 Å². The van der Waals surface area contributed by atoms with E-state index in [1.807, 2.05) is 0 Å². The van der Waals surface area contributed by atoms with Gasteiger partial charge < -0.3 is 15.3 Å². The number of aldehydes is 1. The normalized spacial score (nSPS) is 11.8. The summed E-state index contributed by atoms with van der Waals surface area (Å²) in [6.45, 7) is 0. The Morgan fingerprint density at radius 1 is 1.28 bits per heavy atom. The Bertz CT molecular complexity index is 479. The van der Waals surface area contributed by atoms with E-state index in [1.54, 1.807) is 0 Å². The van der Waals surface area contributed by atoms with E-state index in [-0.39, 0.29) is 24.0 Å². The molecule has 1 aromatic rings. The highest BCUT2D eigenvalue weighted by Gasteiger charge is 2.20. The highest BCUT2D eigenvalue weighted by molar-refractivity contribution is 5.79. The third kappa shape index (κ3) is 3.39. The molecule has 3 N–H and O–H groups in total. The third-order valence-corrected chi connectivity index (χ3v) is 2.44. The Hall–Kier alpha value is -2.21. The minimum Gasteiger partial charge on any atom is -0.481 e. The molecule has 0 saturated heterocycles. The summed E-state index contributed by atoms with van der Waals surface area (Å²) in [5.74, 6) is -2.47. The summed E-state index contributed by atoms with van der Waals surface area (Å²) in [4.78, 5) is 31.8. The largest absolute Gasteiger partial charge is 0.481 e. The third-order valence-electron chi connectivity index (χ3n) is 2.44. The number of aliphatic carboxylic acids is 2. The van der Waals surface area contributed by atoms with Gasteiger partial charge in [-0.05, 0) is 23.6 Å². The van der Waals surface area contributed by atoms with Crippen molar-refractivity contribution in [1.29, 1.82) is 0 Å². The maximum Gasteiger partial charge on any atom is 0.337 e. The van der Waals surface area contributed by atoms with Gasteiger partial charge in [0.2, 0.25) is 0 Å². The van der Waals surface area contributed by atoms with Gasteiger partial charge in [0, 0.05) is 12.0 Å². The summed E-state index contributed by atoms with van der Waals surface area (Å²) in [6.07, 6.45) is -1.33. The standard InChI is InChI=1S/C12H12O6/c13-6-7-1-2-8(3-4-10(14)15)9(5-7)11(16)12(17)18/h1-2,5-6,11,16H,3-4H2,(H,14,15)(H,17,18). The maximum absolute atomic E-state index is 10.7. The molecule has 0 saturated carbocycles. The van der Waals surface area contributed by atoms with Gasteiger partial charge in [0.1, 0.15) is 6.29 Å². The second kappa shape index (κ2) is 5.92. The van der Waals surface area contributed by atoms with Crippen LogP contribution >= 0.6 is 0 Å². The molecule has 0 amide bonds. The van der Waals surface area contributed by atoms with Crippen LogP contribution in [0.3, 0.4) is 0 Å². The molecule has 6 nitrogen and oxygen atoms in total. The van der Waals surface area contributed by atoms with Crippen LogP contribution in [0.2, 0.25) is 0 Å². The molecule has 1 atom stereocenters. The predicted molar refractivity (Wildman–Crippen MR) is 60.4 cm³/mol. The number of rotatable bonds is 6. The van der Waals surface area contributed by atoms with Gasteiger partial charge in [-0.1, -0.05) is 12.1 Å². The summed E-state index contributed by atoms with van der Waals surface area (Å²) in [5, 5.41) is 26.8. The molecule has 0 aliphatic carbocycles. The first kappa shape index (κ1) is 13.9. The van der Waals surface area contributed by atoms with Crippen LogP contribution in [0.5, 0.6) is 0 Å². The number of hydrogen-bond acceptors (Lipinski definition) is 4. The van der Waals surface area contributed by atoms with Crippen LogP contribution in [-0.4, -0.2) is 33.5 Å². The van der Waals surface area contributed by atoms with E-state index in [0.29, 0.717) is 11.8 Å². The molecule has 0 aliphatic rings. The van der Waals surface area contributed by atoms with E-state index in [9.17, 15) is 19.5 Å². The fourth-order valence-corrected chi connectivity index (χ4v) is 1.54. The zero-order valence-corrected chi connectivity index (χ0v) is 9.37. The number of carbonyl (C=O) groups excluding carboxylic acids is 1. The molecule has 96 valence electrons. The number of benzene rings is 1. The quantitative estimate of drug-likeness (QED) is 0.640. The van der Waals surface area contributed by atoms with Crippen molar-refractivity contribution < 1.29 is 29.7 Å². The first-order valence-electron chi connectivity index (χ1n) is 5.16. The van der Waals surface area contributed by atoms with Crippen molar-refractivity contribution in [3.8, 4) is 0 Å². The smallest absolute Gasteiger partial charge is 0.337 e. The number of aliphatic hydroxyl groups excluding tert-OH is 1. The van der Waals surface area contributed by atoms with Crippen molar-refractivity contribution in [1.82, 2.24) is 0 Å². The number of carbonyl (C=O) groups is 3. The Labute approximate surface area is 102 Å². The van der Waals surface area contributed by atoms with Crippen molar-refractivity contribution in [2.45, 2.75) is 18.9 Å². The van der Waals surface area contributed by atoms with Crippen LogP contribution < -0.4 is 0 Å². The van der Waals surface area contributed by atoms with E-state index < -0.39 is 18.0 Å². The average Bonchev–Trinajstić information content (AvgIpc) is 2.35. The van der Waals surface area contributed by atoms with Crippen molar-refractivity contribution in [3.05, 3.63) is 34.9 Å². The molecule has 1 aromatic carbocycles. The molecule has 0 heterocycles. The van der Waals surface area contributed by atoms with Gasteiger partial charge in [0.05, 0.1) is 0 Å². The predicted octanol–water partition coefficient (Wildman–Crippen LogP) is 0.634. The lowest BCUT2D eigenvalue weighted by Crippen LogP contribution is -2.14. The minimum absolute atomic E-state index is 0.0494. The molecular formula is C12H12O6. The second-order valence-corrected chi connectivity index (χ2v) is 3.71. The maximum atomic E-state index is 10.7. The van der Waals surface area contributed by atoms with Gasteiger partial charge in [0.15, 0.2) is 6.10 Å². The first-order valence-corrected chi connectivity index (χ1v) is 5.16. The van der Waals surface area contributed by atoms with E-state index in [1.165, 1.54) is 18.2 Å². The highest BCUT2D eigenvalue weighted by atomic mass is 16.4. The molecule has 0 aromatic heterocycles. The van der Waals surface area contributed by atoms with Crippen LogP contribution in [0.1, 0.15) is 34.0 Å². The van der Waals surface area contributed by atoms with Crippen LogP contribution in [0, 0.1) is 0 Å². The highest BCUT2D eigenvalue weighted by Crippen LogP contribution is 2.21. The SMILES string of the molecule is O=Cc1ccc(CCC(=O)O)c(C(O)C(=O)O)c1. The molecule has 6 heteroatoms. The van der Waals surface area contributed by atoms with Gasteiger partial charge in [-0.2, -0.15) is 0 Å². The lowest BCUT2D eigenvalue weighted by atomic mass is 9.96. The molecule has 0 radical (unpaired) electrons. The fourth-order valence-electron chi connectivity index (χ4n) is 1.54. The zero-order valence-electron chi connectivity index (χ0n) is 9.37. The molecule has 1 rings (SSSR count). The van der Waals surface area contributed by atoms with Crippen molar-refractivity contribution >= 4 is 18.2 Å². The molecule has 0 aliphatic heterocycles. The lowest BCUT2D eigenvalue weighted by Gasteiger charge is -2.12. The summed E-state index contributed by atoms with van der Waals surface area (Å²) in [7, 11) is 0. The number of hydrogen-bond donors (Lipinski definition) is 3. The topological polar surface area (TPSA) is 112 Å². The summed E-state index contributed by atoms with van der Waals surface area (Å²) in [6, 6.07) is 4.15. The Morgan fingerprint density at radius 2 is 1.94 bits per heavy atom. The van der Waals surface area contributed by atoms with E-state index in [0.717, 1.165) is 0 Å². The summed E-state index contributed by atoms with van der Waals surface area (Å²) in [5.41, 5.74) is 0.677. The lowest BCUT2D eigenvalue weighted by molar-refractivity contribution is -0.147. The van der Waals surface area contributed by atoms with Gasteiger partial charge >= 0.3 is 11.9 Å². The summed E-state index contributed by atoms with van der Waals surface area (Å²) >= 11 is 0. The molecule has 0 spiro atoms. The Balaban J connectivity index is 3.11. The van der Waals surface area contributed by atoms with Crippen LogP contribution in [0.15, 0.2) is 18.2 Å². The van der Waals surface area contributed by atoms with Gasteiger partial charge in [-0.3, -0.25) is 9.59 Å². The van der Waals surface area contributed by atoms with Gasteiger partial charge in [0.25, 0.3) is 0 Å². The van der Waals surface area contributed by atoms with E-state index in [2.05, 4.69) is 0 Å². The van der Waals surface area contributed by atoms with Crippen molar-refractivity contribution in [2.24, 2.45) is 0 Å². The zero-order chi connectivity index (χ0) is 13.7. The number of aryl methyl sites for hydroxylation is 1. The number of carboxylic acids is 2. The monoisotopic (exact) mass is 252 g/mol. The van der Waals surface area contributed by atoms with Crippen molar-refractivity contribution in [3.63, 3.8) is 0 Å². The minimum atomic E-state index is -1.77. The number of carboxylic acid groups (broad SMARTS) is 2. The molecule has 0 bridgehead atoms. The van der Waals surface area contributed by atoms with Crippen LogP contribution in [-0.2, 0) is 16.0 Å². The fraction of sp³-hybridized carbons (Fsp3) is 0.250. The Morgan fingerprint density at radius 3 is 2.44 bits per heavy atom. The molecule has 1 unspecified atom stereocenters. The van der Waals surface area contributed by atoms with Gasteiger partial charge in [-0.15, -0.1) is 0 Å². The van der Waals surface area contributed by atoms with E-state index >= 15 is 0 Å². The molecular weight excluding hydrogens is 240 g/mol. The first-order chi connectivity index (χ1) is 8.45. The number of aliphatic hydroxyl groups is 1. The summed E-state index contributed by atoms with van der Waals surface area (Å²) < 4.78 is 0.